The van der Waals surface area contributed by atoms with Crippen LogP contribution in [0.1, 0.15) is 33.1 Å². The van der Waals surface area contributed by atoms with Gasteiger partial charge < -0.3 is 5.32 Å². The fourth-order valence-corrected chi connectivity index (χ4v) is 3.43. The molecule has 21 heavy (non-hydrogen) atoms. The van der Waals surface area contributed by atoms with Gasteiger partial charge in [0.2, 0.25) is 0 Å². The molecule has 0 saturated heterocycles. The highest BCUT2D eigenvalue weighted by Crippen LogP contribution is 2.31. The Kier molecular flexibility index (Phi) is 3.57. The molecular formula is C16H21N3O2. The summed E-state index contributed by atoms with van der Waals surface area (Å²) in [6.45, 7) is 4.53. The molecule has 1 heterocycles. The topological polar surface area (TPSA) is 77.8 Å². The summed E-state index contributed by atoms with van der Waals surface area (Å²) in [5.41, 5.74) is 0.231. The number of aromatic amines is 2. The normalized spacial score (nSPS) is 25.9. The summed E-state index contributed by atoms with van der Waals surface area (Å²) < 4.78 is 0. The Bertz CT molecular complexity index is 762. The van der Waals surface area contributed by atoms with E-state index in [0.29, 0.717) is 22.7 Å². The predicted octanol–water partition coefficient (Wildman–Crippen LogP) is 2.45. The van der Waals surface area contributed by atoms with Gasteiger partial charge in [0.1, 0.15) is 0 Å². The monoisotopic (exact) mass is 287 g/mol. The van der Waals surface area contributed by atoms with Crippen LogP contribution in [0.15, 0.2) is 27.8 Å². The number of aromatic nitrogens is 2. The zero-order chi connectivity index (χ0) is 15.0. The molecule has 1 fully saturated rings. The van der Waals surface area contributed by atoms with Crippen LogP contribution < -0.4 is 16.4 Å². The van der Waals surface area contributed by atoms with Crippen molar-refractivity contribution < 1.29 is 0 Å². The standard InChI is InChI=1S/C16H21N3O2/c1-9-6-7-12(10(2)8-9)17-13-5-3-4-11-14(13)16(21)19-18-15(11)20/h3-5,9-10,12,17H,6-8H2,1-2H3,(H,18,20)(H,19,21). The maximum absolute atomic E-state index is 12.1. The van der Waals surface area contributed by atoms with E-state index in [2.05, 4.69) is 29.4 Å². The van der Waals surface area contributed by atoms with E-state index in [1.54, 1.807) is 6.07 Å². The van der Waals surface area contributed by atoms with Crippen LogP contribution in [0.2, 0.25) is 0 Å². The summed E-state index contributed by atoms with van der Waals surface area (Å²) in [4.78, 5) is 23.9. The molecule has 3 N–H and O–H groups in total. The van der Waals surface area contributed by atoms with Crippen molar-refractivity contribution in [3.63, 3.8) is 0 Å². The van der Waals surface area contributed by atoms with Crippen molar-refractivity contribution in [2.24, 2.45) is 11.8 Å². The van der Waals surface area contributed by atoms with Gasteiger partial charge in [0, 0.05) is 11.7 Å². The van der Waals surface area contributed by atoms with E-state index in [1.165, 1.54) is 12.8 Å². The first-order valence-corrected chi connectivity index (χ1v) is 7.56. The molecule has 3 rings (SSSR count). The van der Waals surface area contributed by atoms with E-state index in [-0.39, 0.29) is 11.1 Å². The number of rotatable bonds is 2. The molecule has 1 aromatic carbocycles. The van der Waals surface area contributed by atoms with E-state index in [9.17, 15) is 9.59 Å². The van der Waals surface area contributed by atoms with Crippen molar-refractivity contribution >= 4 is 16.5 Å². The van der Waals surface area contributed by atoms with Gasteiger partial charge in [-0.15, -0.1) is 0 Å². The van der Waals surface area contributed by atoms with Crippen molar-refractivity contribution in [2.45, 2.75) is 39.2 Å². The Morgan fingerprint density at radius 2 is 1.86 bits per heavy atom. The zero-order valence-corrected chi connectivity index (χ0v) is 12.4. The summed E-state index contributed by atoms with van der Waals surface area (Å²) in [7, 11) is 0. The number of H-pyrrole nitrogens is 2. The molecule has 3 atom stereocenters. The van der Waals surface area contributed by atoms with E-state index < -0.39 is 0 Å². The van der Waals surface area contributed by atoms with Crippen molar-refractivity contribution in [3.05, 3.63) is 38.9 Å². The van der Waals surface area contributed by atoms with Gasteiger partial charge in [0.15, 0.2) is 0 Å². The van der Waals surface area contributed by atoms with Gasteiger partial charge in [-0.2, -0.15) is 0 Å². The third-order valence-corrected chi connectivity index (χ3v) is 4.60. The van der Waals surface area contributed by atoms with Gasteiger partial charge in [-0.25, -0.2) is 0 Å². The van der Waals surface area contributed by atoms with Crippen LogP contribution in [0.5, 0.6) is 0 Å². The highest BCUT2D eigenvalue weighted by molar-refractivity contribution is 5.92. The van der Waals surface area contributed by atoms with Crippen molar-refractivity contribution in [3.8, 4) is 0 Å². The number of anilines is 1. The number of hydrogen-bond donors (Lipinski definition) is 3. The maximum atomic E-state index is 12.1. The molecular weight excluding hydrogens is 266 g/mol. The van der Waals surface area contributed by atoms with E-state index in [4.69, 9.17) is 0 Å². The van der Waals surface area contributed by atoms with Crippen LogP contribution in [0, 0.1) is 11.8 Å². The number of hydrogen-bond acceptors (Lipinski definition) is 3. The molecule has 112 valence electrons. The number of benzene rings is 1. The van der Waals surface area contributed by atoms with Crippen molar-refractivity contribution in [2.75, 3.05) is 5.32 Å². The average Bonchev–Trinajstić information content (AvgIpc) is 2.46. The minimum absolute atomic E-state index is 0.260. The lowest BCUT2D eigenvalue weighted by Crippen LogP contribution is -2.33. The molecule has 0 aliphatic heterocycles. The van der Waals surface area contributed by atoms with Gasteiger partial charge in [-0.3, -0.25) is 19.8 Å². The smallest absolute Gasteiger partial charge is 0.272 e. The summed E-state index contributed by atoms with van der Waals surface area (Å²) >= 11 is 0. The molecule has 5 heteroatoms. The van der Waals surface area contributed by atoms with Gasteiger partial charge >= 0.3 is 0 Å². The molecule has 0 bridgehead atoms. The molecule has 1 saturated carbocycles. The molecule has 0 radical (unpaired) electrons. The van der Waals surface area contributed by atoms with Crippen LogP contribution in [0.4, 0.5) is 5.69 Å². The summed E-state index contributed by atoms with van der Waals surface area (Å²) in [6.07, 6.45) is 3.49. The molecule has 5 nitrogen and oxygen atoms in total. The predicted molar refractivity (Wildman–Crippen MR) is 84.8 cm³/mol. The number of nitrogens with one attached hydrogen (secondary N) is 3. The lowest BCUT2D eigenvalue weighted by Gasteiger charge is -2.34. The second kappa shape index (κ2) is 5.39. The van der Waals surface area contributed by atoms with E-state index >= 15 is 0 Å². The zero-order valence-electron chi connectivity index (χ0n) is 12.4. The fourth-order valence-electron chi connectivity index (χ4n) is 3.43. The molecule has 1 aromatic heterocycles. The van der Waals surface area contributed by atoms with Gasteiger partial charge in [-0.1, -0.05) is 19.9 Å². The Labute approximate surface area is 122 Å². The van der Waals surface area contributed by atoms with Crippen molar-refractivity contribution in [1.82, 2.24) is 10.2 Å². The molecule has 0 amide bonds. The largest absolute Gasteiger partial charge is 0.381 e. The minimum Gasteiger partial charge on any atom is -0.381 e. The Hall–Kier alpha value is -2.04. The molecule has 3 unspecified atom stereocenters. The van der Waals surface area contributed by atoms with Gasteiger partial charge in [0.05, 0.1) is 10.8 Å². The van der Waals surface area contributed by atoms with Gasteiger partial charge in [0.25, 0.3) is 11.1 Å². The van der Waals surface area contributed by atoms with Crippen LogP contribution in [0.25, 0.3) is 10.8 Å². The average molecular weight is 287 g/mol. The minimum atomic E-state index is -0.265. The lowest BCUT2D eigenvalue weighted by molar-refractivity contribution is 0.276. The summed E-state index contributed by atoms with van der Waals surface area (Å²) in [6, 6.07) is 5.73. The maximum Gasteiger partial charge on any atom is 0.272 e. The summed E-state index contributed by atoms with van der Waals surface area (Å²) in [5.74, 6) is 1.32. The third kappa shape index (κ3) is 2.60. The summed E-state index contributed by atoms with van der Waals surface area (Å²) in [5, 5.41) is 9.14. The highest BCUT2D eigenvalue weighted by Gasteiger charge is 2.25. The Morgan fingerprint density at radius 1 is 1.10 bits per heavy atom. The Morgan fingerprint density at radius 3 is 2.62 bits per heavy atom. The van der Waals surface area contributed by atoms with Crippen LogP contribution >= 0.6 is 0 Å². The Balaban J connectivity index is 2.00. The van der Waals surface area contributed by atoms with Crippen LogP contribution in [0.3, 0.4) is 0 Å². The highest BCUT2D eigenvalue weighted by atomic mass is 16.1. The van der Waals surface area contributed by atoms with Crippen LogP contribution in [-0.2, 0) is 0 Å². The lowest BCUT2D eigenvalue weighted by atomic mass is 9.80. The molecule has 2 aromatic rings. The molecule has 0 spiro atoms. The quantitative estimate of drug-likeness (QED) is 0.794. The second-order valence-corrected chi connectivity index (χ2v) is 6.28. The first kappa shape index (κ1) is 13.9. The number of fused-ring (bicyclic) bond motifs is 1. The fraction of sp³-hybridized carbons (Fsp3) is 0.500. The first-order valence-electron chi connectivity index (χ1n) is 7.56. The van der Waals surface area contributed by atoms with Crippen molar-refractivity contribution in [1.29, 1.82) is 0 Å². The third-order valence-electron chi connectivity index (χ3n) is 4.60. The van der Waals surface area contributed by atoms with Gasteiger partial charge in [-0.05, 0) is 43.2 Å². The molecule has 1 aliphatic carbocycles. The molecule has 1 aliphatic rings. The first-order chi connectivity index (χ1) is 10.1. The second-order valence-electron chi connectivity index (χ2n) is 6.28. The van der Waals surface area contributed by atoms with E-state index in [0.717, 1.165) is 18.0 Å². The SMILES string of the molecule is CC1CCC(Nc2cccc3c(=O)[nH][nH]c(=O)c23)C(C)C1. The van der Waals surface area contributed by atoms with Crippen LogP contribution in [-0.4, -0.2) is 16.2 Å². The van der Waals surface area contributed by atoms with E-state index in [1.807, 2.05) is 12.1 Å².